The molecule has 0 aliphatic rings. The molecule has 14 heavy (non-hydrogen) atoms. The van der Waals surface area contributed by atoms with E-state index in [1.54, 1.807) is 0 Å². The first-order chi connectivity index (χ1) is 6.69. The molecule has 1 aromatic heterocycles. The molecule has 0 spiro atoms. The zero-order valence-electron chi connectivity index (χ0n) is 8.43. The fourth-order valence-electron chi connectivity index (χ4n) is 1.32. The fraction of sp³-hybridized carbons (Fsp3) is 0.500. The maximum Gasteiger partial charge on any atom is 0.142 e. The van der Waals surface area contributed by atoms with Gasteiger partial charge in [-0.25, -0.2) is 4.98 Å². The second kappa shape index (κ2) is 5.71. The minimum atomic E-state index is 0.987. The summed E-state index contributed by atoms with van der Waals surface area (Å²) in [5.41, 5.74) is 0. The Balaban J connectivity index is 2.92. The first-order valence-electron chi connectivity index (χ1n) is 4.75. The van der Waals surface area contributed by atoms with Crippen LogP contribution in [0, 0.1) is 0 Å². The van der Waals surface area contributed by atoms with E-state index >= 15 is 0 Å². The largest absolute Gasteiger partial charge is 0.356 e. The molecule has 4 heteroatoms. The third-order valence-electron chi connectivity index (χ3n) is 1.96. The monoisotopic (exact) mass is 320 g/mol. The second-order valence-corrected chi connectivity index (χ2v) is 4.81. The third kappa shape index (κ3) is 2.95. The van der Waals surface area contributed by atoms with Crippen LogP contribution in [0.15, 0.2) is 21.2 Å². The maximum absolute atomic E-state index is 4.40. The highest BCUT2D eigenvalue weighted by Gasteiger charge is 2.08. The average molecular weight is 322 g/mol. The fourth-order valence-corrected chi connectivity index (χ4v) is 2.56. The summed E-state index contributed by atoms with van der Waals surface area (Å²) in [6, 6.07) is 2.03. The summed E-state index contributed by atoms with van der Waals surface area (Å²) in [6.45, 7) is 6.35. The number of hydrogen-bond donors (Lipinski definition) is 0. The van der Waals surface area contributed by atoms with Gasteiger partial charge < -0.3 is 4.90 Å². The standard InChI is InChI=1S/C10H14Br2N2/c1-3-5-14(4-2)10-9(12)6-8(11)7-13-10/h6-7H,3-5H2,1-2H3. The van der Waals surface area contributed by atoms with Crippen molar-refractivity contribution in [2.24, 2.45) is 0 Å². The predicted molar refractivity (Wildman–Crippen MR) is 67.8 cm³/mol. The number of nitrogens with zero attached hydrogens (tertiary/aromatic N) is 2. The highest BCUT2D eigenvalue weighted by atomic mass is 79.9. The minimum Gasteiger partial charge on any atom is -0.356 e. The summed E-state index contributed by atoms with van der Waals surface area (Å²) in [4.78, 5) is 6.66. The number of aromatic nitrogens is 1. The Morgan fingerprint density at radius 2 is 2.07 bits per heavy atom. The molecule has 0 unspecified atom stereocenters. The average Bonchev–Trinajstić information content (AvgIpc) is 2.15. The molecule has 1 rings (SSSR count). The van der Waals surface area contributed by atoms with Gasteiger partial charge in [-0.2, -0.15) is 0 Å². The molecule has 0 radical (unpaired) electrons. The molecule has 0 N–H and O–H groups in total. The van der Waals surface area contributed by atoms with Gasteiger partial charge in [0.1, 0.15) is 5.82 Å². The van der Waals surface area contributed by atoms with Crippen LogP contribution >= 0.6 is 31.9 Å². The van der Waals surface area contributed by atoms with Crippen LogP contribution in [0.1, 0.15) is 20.3 Å². The molecule has 0 aromatic carbocycles. The molecule has 1 aromatic rings. The Morgan fingerprint density at radius 1 is 1.36 bits per heavy atom. The van der Waals surface area contributed by atoms with Crippen molar-refractivity contribution in [3.05, 3.63) is 21.2 Å². The number of anilines is 1. The van der Waals surface area contributed by atoms with Gasteiger partial charge in [0.2, 0.25) is 0 Å². The lowest BCUT2D eigenvalue weighted by Crippen LogP contribution is -2.24. The molecule has 0 saturated carbocycles. The molecule has 78 valence electrons. The van der Waals surface area contributed by atoms with Crippen molar-refractivity contribution in [2.45, 2.75) is 20.3 Å². The second-order valence-electron chi connectivity index (χ2n) is 3.04. The number of halogens is 2. The van der Waals surface area contributed by atoms with Crippen molar-refractivity contribution in [3.63, 3.8) is 0 Å². The highest BCUT2D eigenvalue weighted by Crippen LogP contribution is 2.26. The van der Waals surface area contributed by atoms with Crippen molar-refractivity contribution in [2.75, 3.05) is 18.0 Å². The number of pyridine rings is 1. The van der Waals surface area contributed by atoms with E-state index in [0.717, 1.165) is 34.3 Å². The van der Waals surface area contributed by atoms with Crippen molar-refractivity contribution in [1.29, 1.82) is 0 Å². The van der Waals surface area contributed by atoms with Gasteiger partial charge in [-0.1, -0.05) is 6.92 Å². The molecule has 1 heterocycles. The van der Waals surface area contributed by atoms with Gasteiger partial charge in [-0.3, -0.25) is 0 Å². The van der Waals surface area contributed by atoms with Crippen molar-refractivity contribution in [3.8, 4) is 0 Å². The zero-order chi connectivity index (χ0) is 10.6. The Hall–Kier alpha value is -0.0900. The van der Waals surface area contributed by atoms with Crippen LogP contribution in [-0.2, 0) is 0 Å². The lowest BCUT2D eigenvalue weighted by Gasteiger charge is -2.22. The van der Waals surface area contributed by atoms with Gasteiger partial charge in [0.05, 0.1) is 4.47 Å². The summed E-state index contributed by atoms with van der Waals surface area (Å²) < 4.78 is 2.04. The summed E-state index contributed by atoms with van der Waals surface area (Å²) >= 11 is 6.92. The Morgan fingerprint density at radius 3 is 2.57 bits per heavy atom. The minimum absolute atomic E-state index is 0.987. The third-order valence-corrected chi connectivity index (χ3v) is 2.98. The van der Waals surface area contributed by atoms with E-state index in [0.29, 0.717) is 0 Å². The summed E-state index contributed by atoms with van der Waals surface area (Å²) in [6.07, 6.45) is 2.97. The maximum atomic E-state index is 4.40. The van der Waals surface area contributed by atoms with E-state index in [2.05, 4.69) is 55.6 Å². The van der Waals surface area contributed by atoms with Crippen molar-refractivity contribution in [1.82, 2.24) is 4.98 Å². The van der Waals surface area contributed by atoms with Crippen LogP contribution in [0.4, 0.5) is 5.82 Å². The van der Waals surface area contributed by atoms with E-state index in [-0.39, 0.29) is 0 Å². The molecule has 0 bridgehead atoms. The van der Waals surface area contributed by atoms with Gasteiger partial charge in [0.15, 0.2) is 0 Å². The SMILES string of the molecule is CCCN(CC)c1ncc(Br)cc1Br. The quantitative estimate of drug-likeness (QED) is 0.837. The normalized spacial score (nSPS) is 10.3. The Kier molecular flexibility index (Phi) is 4.89. The lowest BCUT2D eigenvalue weighted by molar-refractivity contribution is 0.776. The van der Waals surface area contributed by atoms with Crippen molar-refractivity contribution >= 4 is 37.7 Å². The smallest absolute Gasteiger partial charge is 0.142 e. The summed E-state index contributed by atoms with van der Waals surface area (Å²) in [7, 11) is 0. The van der Waals surface area contributed by atoms with Gasteiger partial charge in [0, 0.05) is 23.8 Å². The van der Waals surface area contributed by atoms with Gasteiger partial charge >= 0.3 is 0 Å². The van der Waals surface area contributed by atoms with E-state index in [4.69, 9.17) is 0 Å². The van der Waals surface area contributed by atoms with E-state index in [9.17, 15) is 0 Å². The van der Waals surface area contributed by atoms with Crippen LogP contribution < -0.4 is 4.90 Å². The molecule has 0 atom stereocenters. The molecule has 0 saturated heterocycles. The number of hydrogen-bond acceptors (Lipinski definition) is 2. The van der Waals surface area contributed by atoms with Crippen LogP contribution in [0.3, 0.4) is 0 Å². The molecule has 2 nitrogen and oxygen atoms in total. The van der Waals surface area contributed by atoms with E-state index in [1.165, 1.54) is 0 Å². The molecule has 0 aliphatic carbocycles. The molecular formula is C10H14Br2N2. The summed E-state index contributed by atoms with van der Waals surface area (Å²) in [5.74, 6) is 1.03. The Bertz CT molecular complexity index is 302. The van der Waals surface area contributed by atoms with E-state index in [1.807, 2.05) is 12.3 Å². The van der Waals surface area contributed by atoms with Gasteiger partial charge in [0.25, 0.3) is 0 Å². The predicted octanol–water partition coefficient (Wildman–Crippen LogP) is 3.84. The van der Waals surface area contributed by atoms with Crippen molar-refractivity contribution < 1.29 is 0 Å². The first kappa shape index (κ1) is 12.0. The van der Waals surface area contributed by atoms with E-state index < -0.39 is 0 Å². The van der Waals surface area contributed by atoms with Crippen LogP contribution in [-0.4, -0.2) is 18.1 Å². The van der Waals surface area contributed by atoms with Gasteiger partial charge in [-0.15, -0.1) is 0 Å². The Labute approximate surface area is 102 Å². The topological polar surface area (TPSA) is 16.1 Å². The molecule has 0 aliphatic heterocycles. The molecule has 0 amide bonds. The summed E-state index contributed by atoms with van der Waals surface area (Å²) in [5, 5.41) is 0. The van der Waals surface area contributed by atoms with Crippen LogP contribution in [0.25, 0.3) is 0 Å². The lowest BCUT2D eigenvalue weighted by atomic mass is 10.3. The van der Waals surface area contributed by atoms with Crippen LogP contribution in [0.2, 0.25) is 0 Å². The highest BCUT2D eigenvalue weighted by molar-refractivity contribution is 9.11. The first-order valence-corrected chi connectivity index (χ1v) is 6.33. The zero-order valence-corrected chi connectivity index (χ0v) is 11.6. The van der Waals surface area contributed by atoms with Gasteiger partial charge in [-0.05, 0) is 51.3 Å². The molecule has 0 fully saturated rings. The van der Waals surface area contributed by atoms with Crippen LogP contribution in [0.5, 0.6) is 0 Å². The number of rotatable bonds is 4. The molecular weight excluding hydrogens is 308 g/mol.